The highest BCUT2D eigenvalue weighted by molar-refractivity contribution is 6.42. The Balaban J connectivity index is 1.43. The molecular formula is C27H35Cl2N5O4. The summed E-state index contributed by atoms with van der Waals surface area (Å²) in [7, 11) is 0. The van der Waals surface area contributed by atoms with Gasteiger partial charge in [0.2, 0.25) is 11.8 Å². The first-order valence-electron chi connectivity index (χ1n) is 13.0. The van der Waals surface area contributed by atoms with Crippen LogP contribution < -0.4 is 10.6 Å². The number of likely N-dealkylation sites (tertiary alicyclic amines) is 1. The van der Waals surface area contributed by atoms with Crippen molar-refractivity contribution in [3.63, 3.8) is 0 Å². The summed E-state index contributed by atoms with van der Waals surface area (Å²) in [5, 5.41) is 13.7. The molecule has 0 radical (unpaired) electrons. The van der Waals surface area contributed by atoms with E-state index in [1.165, 1.54) is 11.3 Å². The van der Waals surface area contributed by atoms with Crippen LogP contribution in [0.3, 0.4) is 0 Å². The average molecular weight is 565 g/mol. The van der Waals surface area contributed by atoms with Crippen molar-refractivity contribution in [3.8, 4) is 0 Å². The van der Waals surface area contributed by atoms with E-state index in [0.29, 0.717) is 41.9 Å². The Kier molecular flexibility index (Phi) is 8.88. The fourth-order valence-electron chi connectivity index (χ4n) is 5.08. The number of benzene rings is 1. The van der Waals surface area contributed by atoms with Crippen LogP contribution in [0.25, 0.3) is 0 Å². The number of ether oxygens (including phenoxy) is 1. The molecule has 3 N–H and O–H groups in total. The van der Waals surface area contributed by atoms with Crippen LogP contribution in [-0.4, -0.2) is 63.8 Å². The van der Waals surface area contributed by atoms with Crippen molar-refractivity contribution in [3.05, 3.63) is 51.3 Å². The van der Waals surface area contributed by atoms with Gasteiger partial charge in [0, 0.05) is 25.2 Å². The maximum absolute atomic E-state index is 13.7. The topological polar surface area (TPSA) is 116 Å². The molecule has 1 aliphatic heterocycles. The third-order valence-electron chi connectivity index (χ3n) is 6.94. The lowest BCUT2D eigenvalue weighted by Crippen LogP contribution is -2.55. The summed E-state index contributed by atoms with van der Waals surface area (Å²) in [5.41, 5.74) is 2.37. The number of hydrogen-bond acceptors (Lipinski definition) is 5. The van der Waals surface area contributed by atoms with Crippen LogP contribution in [0, 0.1) is 5.92 Å². The number of nitrogens with zero attached hydrogens (tertiary/aromatic N) is 2. The standard InChI is InChI=1S/C27H35Cl2N5O4/c1-27(2,3)38-26(37)32-22(13-16-6-8-19(28)20(29)12-16)25(36)34-10-4-5-23(34)24(35)30-14-17-7-9-21-18(11-17)15-31-33-21/h6,8,12,15,17,22-23H,4-5,7,9-11,13-14H2,1-3H3,(H,30,35)(H,31,33)(H,32,37)/t17?,22-,23+/m1/s1. The van der Waals surface area contributed by atoms with Gasteiger partial charge in [0.05, 0.1) is 16.2 Å². The fraction of sp³-hybridized carbons (Fsp3) is 0.556. The molecule has 3 atom stereocenters. The average Bonchev–Trinajstić information content (AvgIpc) is 3.52. The number of aryl methyl sites for hydroxylation is 1. The summed E-state index contributed by atoms with van der Waals surface area (Å²) in [6.45, 7) is 6.24. The van der Waals surface area contributed by atoms with Crippen LogP contribution in [0.5, 0.6) is 0 Å². The summed E-state index contributed by atoms with van der Waals surface area (Å²) in [6, 6.07) is 3.55. The maximum atomic E-state index is 13.7. The molecule has 2 aliphatic rings. The van der Waals surface area contributed by atoms with Crippen molar-refractivity contribution in [1.29, 1.82) is 0 Å². The molecule has 0 bridgehead atoms. The summed E-state index contributed by atoms with van der Waals surface area (Å²) in [6.07, 6.45) is 5.35. The van der Waals surface area contributed by atoms with Crippen molar-refractivity contribution in [2.24, 2.45) is 5.92 Å². The molecule has 1 aliphatic carbocycles. The van der Waals surface area contributed by atoms with Gasteiger partial charge in [-0.3, -0.25) is 14.7 Å². The van der Waals surface area contributed by atoms with Gasteiger partial charge in [0.15, 0.2) is 0 Å². The fourth-order valence-corrected chi connectivity index (χ4v) is 5.40. The predicted molar refractivity (Wildman–Crippen MR) is 145 cm³/mol. The van der Waals surface area contributed by atoms with E-state index in [0.717, 1.165) is 24.8 Å². The van der Waals surface area contributed by atoms with Crippen LogP contribution in [0.1, 0.15) is 56.9 Å². The van der Waals surface area contributed by atoms with Gasteiger partial charge in [-0.2, -0.15) is 5.10 Å². The van der Waals surface area contributed by atoms with E-state index < -0.39 is 23.8 Å². The van der Waals surface area contributed by atoms with Crippen molar-refractivity contribution in [1.82, 2.24) is 25.7 Å². The number of nitrogens with one attached hydrogen (secondary N) is 3. The second-order valence-corrected chi connectivity index (χ2v) is 11.9. The first-order chi connectivity index (χ1) is 18.0. The lowest BCUT2D eigenvalue weighted by molar-refractivity contribution is -0.140. The molecule has 1 aromatic carbocycles. The highest BCUT2D eigenvalue weighted by Crippen LogP contribution is 2.26. The number of halogens is 2. The number of fused-ring (bicyclic) bond motifs is 1. The molecular weight excluding hydrogens is 529 g/mol. The van der Waals surface area contributed by atoms with Gasteiger partial charge in [-0.15, -0.1) is 0 Å². The van der Waals surface area contributed by atoms with Crippen molar-refractivity contribution >= 4 is 41.1 Å². The van der Waals surface area contributed by atoms with E-state index in [2.05, 4.69) is 20.8 Å². The van der Waals surface area contributed by atoms with Gasteiger partial charge >= 0.3 is 6.09 Å². The number of amides is 3. The van der Waals surface area contributed by atoms with E-state index >= 15 is 0 Å². The number of aromatic nitrogens is 2. The van der Waals surface area contributed by atoms with E-state index in [1.54, 1.807) is 43.9 Å². The lowest BCUT2D eigenvalue weighted by atomic mass is 9.88. The first kappa shape index (κ1) is 28.2. The number of rotatable bonds is 7. The number of hydrogen-bond donors (Lipinski definition) is 3. The van der Waals surface area contributed by atoms with Crippen LogP contribution >= 0.6 is 23.2 Å². The molecule has 206 valence electrons. The Labute approximate surface area is 233 Å². The molecule has 3 amide bonds. The maximum Gasteiger partial charge on any atom is 0.408 e. The van der Waals surface area contributed by atoms with E-state index in [4.69, 9.17) is 27.9 Å². The molecule has 9 nitrogen and oxygen atoms in total. The SMILES string of the molecule is CC(C)(C)OC(=O)N[C@H](Cc1ccc(Cl)c(Cl)c1)C(=O)N1CCC[C@H]1C(=O)NCC1CCc2[nH]ncc2C1. The number of H-pyrrole nitrogens is 1. The first-order valence-corrected chi connectivity index (χ1v) is 13.8. The number of carbonyl (C=O) groups is 3. The minimum atomic E-state index is -0.937. The molecule has 1 unspecified atom stereocenters. The Bertz CT molecular complexity index is 1180. The second kappa shape index (κ2) is 11.9. The van der Waals surface area contributed by atoms with Crippen LogP contribution in [0.15, 0.2) is 24.4 Å². The number of aromatic amines is 1. The van der Waals surface area contributed by atoms with Crippen molar-refractivity contribution in [2.75, 3.05) is 13.1 Å². The van der Waals surface area contributed by atoms with Crippen LogP contribution in [0.4, 0.5) is 4.79 Å². The summed E-state index contributed by atoms with van der Waals surface area (Å²) in [4.78, 5) is 41.1. The quantitative estimate of drug-likeness (QED) is 0.469. The molecule has 1 saturated heterocycles. The summed E-state index contributed by atoms with van der Waals surface area (Å²) < 4.78 is 5.41. The largest absolute Gasteiger partial charge is 0.444 e. The minimum Gasteiger partial charge on any atom is -0.444 e. The van der Waals surface area contributed by atoms with Gasteiger partial charge in [-0.25, -0.2) is 4.79 Å². The van der Waals surface area contributed by atoms with Gasteiger partial charge in [0.25, 0.3) is 0 Å². The summed E-state index contributed by atoms with van der Waals surface area (Å²) in [5.74, 6) is -0.175. The Hall–Kier alpha value is -2.78. The smallest absolute Gasteiger partial charge is 0.408 e. The molecule has 1 fully saturated rings. The Morgan fingerprint density at radius 3 is 2.74 bits per heavy atom. The highest BCUT2D eigenvalue weighted by atomic mass is 35.5. The molecule has 2 heterocycles. The molecule has 2 aromatic rings. The zero-order valence-corrected chi connectivity index (χ0v) is 23.5. The normalized spacial score (nSPS) is 20.0. The van der Waals surface area contributed by atoms with Crippen molar-refractivity contribution < 1.29 is 19.1 Å². The monoisotopic (exact) mass is 563 g/mol. The van der Waals surface area contributed by atoms with E-state index in [1.807, 2.05) is 6.20 Å². The Morgan fingerprint density at radius 2 is 2.00 bits per heavy atom. The van der Waals surface area contributed by atoms with E-state index in [9.17, 15) is 14.4 Å². The molecule has 0 spiro atoms. The molecule has 38 heavy (non-hydrogen) atoms. The van der Waals surface area contributed by atoms with Crippen LogP contribution in [0.2, 0.25) is 10.0 Å². The van der Waals surface area contributed by atoms with Crippen molar-refractivity contribution in [2.45, 2.75) is 77.0 Å². The second-order valence-electron chi connectivity index (χ2n) is 11.1. The lowest BCUT2D eigenvalue weighted by Gasteiger charge is -2.30. The predicted octanol–water partition coefficient (Wildman–Crippen LogP) is 4.06. The molecule has 11 heteroatoms. The van der Waals surface area contributed by atoms with E-state index in [-0.39, 0.29) is 18.2 Å². The third kappa shape index (κ3) is 7.20. The highest BCUT2D eigenvalue weighted by Gasteiger charge is 2.38. The molecule has 1 aromatic heterocycles. The number of alkyl carbamates (subject to hydrolysis) is 1. The molecule has 4 rings (SSSR count). The zero-order valence-electron chi connectivity index (χ0n) is 22.0. The molecule has 0 saturated carbocycles. The summed E-state index contributed by atoms with van der Waals surface area (Å²) >= 11 is 12.2. The number of carbonyl (C=O) groups excluding carboxylic acids is 3. The van der Waals surface area contributed by atoms with Gasteiger partial charge in [-0.05, 0) is 82.1 Å². The van der Waals surface area contributed by atoms with Gasteiger partial charge < -0.3 is 20.3 Å². The zero-order chi connectivity index (χ0) is 27.4. The minimum absolute atomic E-state index is 0.167. The Morgan fingerprint density at radius 1 is 1.21 bits per heavy atom. The van der Waals surface area contributed by atoms with Gasteiger partial charge in [0.1, 0.15) is 17.7 Å². The van der Waals surface area contributed by atoms with Gasteiger partial charge in [-0.1, -0.05) is 29.3 Å². The van der Waals surface area contributed by atoms with Crippen LogP contribution in [-0.2, 0) is 33.6 Å². The third-order valence-corrected chi connectivity index (χ3v) is 7.67.